The number of hydrogen-bond acceptors (Lipinski definition) is 4. The standard InChI is InChI=1S/C20H21NO2S/c1-2-5-15-8-10-16(11-9-15)17-12-22-20(23-13-17)18-6-3-4-7-19(18)21-14-24/h3-4,6-11,17,20H,2,5,12-13H2,1H3. The molecule has 4 heteroatoms. The Morgan fingerprint density at radius 1 is 1.08 bits per heavy atom. The number of rotatable bonds is 5. The van der Waals surface area contributed by atoms with Crippen LogP contribution in [0.4, 0.5) is 5.69 Å². The molecule has 24 heavy (non-hydrogen) atoms. The van der Waals surface area contributed by atoms with Crippen LogP contribution in [0.5, 0.6) is 0 Å². The van der Waals surface area contributed by atoms with Crippen molar-refractivity contribution in [1.29, 1.82) is 0 Å². The molecule has 0 aliphatic carbocycles. The van der Waals surface area contributed by atoms with Crippen LogP contribution in [-0.4, -0.2) is 18.4 Å². The maximum Gasteiger partial charge on any atom is 0.185 e. The summed E-state index contributed by atoms with van der Waals surface area (Å²) < 4.78 is 11.9. The molecule has 3 nitrogen and oxygen atoms in total. The second-order valence-electron chi connectivity index (χ2n) is 5.95. The van der Waals surface area contributed by atoms with Crippen molar-refractivity contribution in [2.75, 3.05) is 13.2 Å². The molecule has 0 amide bonds. The average Bonchev–Trinajstić information content (AvgIpc) is 2.64. The van der Waals surface area contributed by atoms with Crippen LogP contribution in [0.3, 0.4) is 0 Å². The molecule has 0 unspecified atom stereocenters. The van der Waals surface area contributed by atoms with E-state index in [9.17, 15) is 0 Å². The molecule has 0 aromatic heterocycles. The number of para-hydroxylation sites is 1. The van der Waals surface area contributed by atoms with Gasteiger partial charge in [-0.15, -0.1) is 0 Å². The molecule has 1 saturated heterocycles. The number of isothiocyanates is 1. The molecule has 0 N–H and O–H groups in total. The Kier molecular flexibility index (Phi) is 5.89. The summed E-state index contributed by atoms with van der Waals surface area (Å²) >= 11 is 4.71. The van der Waals surface area contributed by atoms with Crippen LogP contribution in [0.1, 0.15) is 42.2 Å². The summed E-state index contributed by atoms with van der Waals surface area (Å²) in [6.07, 6.45) is 1.89. The van der Waals surface area contributed by atoms with E-state index in [1.165, 1.54) is 17.5 Å². The van der Waals surface area contributed by atoms with Gasteiger partial charge in [0.15, 0.2) is 6.29 Å². The Morgan fingerprint density at radius 3 is 2.46 bits per heavy atom. The third-order valence-corrected chi connectivity index (χ3v) is 4.34. The van der Waals surface area contributed by atoms with Crippen LogP contribution in [0.25, 0.3) is 0 Å². The number of aryl methyl sites for hydroxylation is 1. The lowest BCUT2D eigenvalue weighted by atomic mass is 9.97. The lowest BCUT2D eigenvalue weighted by Crippen LogP contribution is -2.25. The summed E-state index contributed by atoms with van der Waals surface area (Å²) in [6, 6.07) is 16.5. The van der Waals surface area contributed by atoms with Gasteiger partial charge in [-0.1, -0.05) is 55.8 Å². The first kappa shape index (κ1) is 17.0. The normalized spacial score (nSPS) is 20.4. The molecule has 0 saturated carbocycles. The minimum atomic E-state index is -0.399. The van der Waals surface area contributed by atoms with E-state index in [1.807, 2.05) is 24.3 Å². The summed E-state index contributed by atoms with van der Waals surface area (Å²) in [7, 11) is 0. The number of thiocarbonyl (C=S) groups is 1. The van der Waals surface area contributed by atoms with Crippen LogP contribution in [0.15, 0.2) is 53.5 Å². The molecule has 0 radical (unpaired) electrons. The topological polar surface area (TPSA) is 30.8 Å². The van der Waals surface area contributed by atoms with Gasteiger partial charge < -0.3 is 9.47 Å². The maximum atomic E-state index is 5.95. The van der Waals surface area contributed by atoms with Crippen LogP contribution < -0.4 is 0 Å². The molecule has 2 aromatic carbocycles. The summed E-state index contributed by atoms with van der Waals surface area (Å²) in [5.74, 6) is 0.262. The Morgan fingerprint density at radius 2 is 1.79 bits per heavy atom. The van der Waals surface area contributed by atoms with Crippen molar-refractivity contribution < 1.29 is 9.47 Å². The van der Waals surface area contributed by atoms with Gasteiger partial charge in [-0.3, -0.25) is 0 Å². The maximum absolute atomic E-state index is 5.95. The van der Waals surface area contributed by atoms with Crippen LogP contribution in [-0.2, 0) is 15.9 Å². The van der Waals surface area contributed by atoms with Gasteiger partial charge in [0.1, 0.15) is 0 Å². The van der Waals surface area contributed by atoms with Gasteiger partial charge in [0, 0.05) is 11.5 Å². The van der Waals surface area contributed by atoms with Crippen LogP contribution in [0.2, 0.25) is 0 Å². The smallest absolute Gasteiger partial charge is 0.185 e. The van der Waals surface area contributed by atoms with E-state index in [4.69, 9.17) is 21.7 Å². The largest absolute Gasteiger partial charge is 0.348 e. The fourth-order valence-corrected chi connectivity index (χ4v) is 3.06. The molecule has 2 aromatic rings. The molecule has 0 atom stereocenters. The number of benzene rings is 2. The molecule has 1 aliphatic rings. The third-order valence-electron chi connectivity index (χ3n) is 4.24. The Bertz CT molecular complexity index is 715. The quantitative estimate of drug-likeness (QED) is 0.554. The molecule has 0 spiro atoms. The van der Waals surface area contributed by atoms with E-state index in [2.05, 4.69) is 41.3 Å². The van der Waals surface area contributed by atoms with Gasteiger partial charge in [-0.25, -0.2) is 0 Å². The summed E-state index contributed by atoms with van der Waals surface area (Å²) in [5.41, 5.74) is 4.29. The van der Waals surface area contributed by atoms with Gasteiger partial charge >= 0.3 is 0 Å². The zero-order valence-electron chi connectivity index (χ0n) is 13.8. The highest BCUT2D eigenvalue weighted by Gasteiger charge is 2.26. The predicted octanol–water partition coefficient (Wildman–Crippen LogP) is 5.20. The molecular formula is C20H21NO2S. The molecule has 1 fully saturated rings. The van der Waals surface area contributed by atoms with Gasteiger partial charge in [-0.05, 0) is 35.8 Å². The van der Waals surface area contributed by atoms with Crippen LogP contribution >= 0.6 is 12.2 Å². The summed E-state index contributed by atoms with van der Waals surface area (Å²) in [6.45, 7) is 3.46. The van der Waals surface area contributed by atoms with E-state index < -0.39 is 6.29 Å². The Balaban J connectivity index is 1.66. The highest BCUT2D eigenvalue weighted by molar-refractivity contribution is 7.78. The second kappa shape index (κ2) is 8.32. The molecule has 3 rings (SSSR count). The van der Waals surface area contributed by atoms with Crippen LogP contribution in [0, 0.1) is 0 Å². The SMILES string of the molecule is CCCc1ccc(C2COC(c3ccccc3N=C=S)OC2)cc1. The lowest BCUT2D eigenvalue weighted by molar-refractivity contribution is -0.191. The fourth-order valence-electron chi connectivity index (χ4n) is 2.96. The second-order valence-corrected chi connectivity index (χ2v) is 6.13. The number of ether oxygens (including phenoxy) is 2. The number of nitrogens with zero attached hydrogens (tertiary/aromatic N) is 1. The van der Waals surface area contributed by atoms with E-state index in [0.29, 0.717) is 13.2 Å². The van der Waals surface area contributed by atoms with Gasteiger partial charge in [-0.2, -0.15) is 4.99 Å². The number of aliphatic imine (C=N–C) groups is 1. The van der Waals surface area contributed by atoms with Crippen molar-refractivity contribution in [2.24, 2.45) is 4.99 Å². The van der Waals surface area contributed by atoms with Crippen molar-refractivity contribution in [3.63, 3.8) is 0 Å². The number of hydrogen-bond donors (Lipinski definition) is 0. The first-order valence-corrected chi connectivity index (χ1v) is 8.71. The lowest BCUT2D eigenvalue weighted by Gasteiger charge is -2.30. The predicted molar refractivity (Wildman–Crippen MR) is 99.0 cm³/mol. The first-order valence-electron chi connectivity index (χ1n) is 8.30. The molecular weight excluding hydrogens is 318 g/mol. The van der Waals surface area contributed by atoms with E-state index in [0.717, 1.165) is 17.7 Å². The minimum Gasteiger partial charge on any atom is -0.348 e. The fraction of sp³-hybridized carbons (Fsp3) is 0.350. The van der Waals surface area contributed by atoms with Crippen molar-refractivity contribution >= 4 is 23.1 Å². The monoisotopic (exact) mass is 339 g/mol. The minimum absolute atomic E-state index is 0.262. The highest BCUT2D eigenvalue weighted by Crippen LogP contribution is 2.34. The van der Waals surface area contributed by atoms with Gasteiger partial charge in [0.2, 0.25) is 0 Å². The van der Waals surface area contributed by atoms with E-state index >= 15 is 0 Å². The summed E-state index contributed by atoms with van der Waals surface area (Å²) in [5, 5.41) is 2.41. The van der Waals surface area contributed by atoms with Crippen molar-refractivity contribution in [3.8, 4) is 0 Å². The third kappa shape index (κ3) is 3.97. The summed E-state index contributed by atoms with van der Waals surface area (Å²) in [4.78, 5) is 4.09. The van der Waals surface area contributed by atoms with E-state index in [1.54, 1.807) is 0 Å². The van der Waals surface area contributed by atoms with Crippen molar-refractivity contribution in [1.82, 2.24) is 0 Å². The Hall–Kier alpha value is -1.84. The molecule has 124 valence electrons. The zero-order valence-corrected chi connectivity index (χ0v) is 14.6. The van der Waals surface area contributed by atoms with Gasteiger partial charge in [0.25, 0.3) is 0 Å². The zero-order chi connectivity index (χ0) is 16.8. The molecule has 0 bridgehead atoms. The van der Waals surface area contributed by atoms with Crippen molar-refractivity contribution in [3.05, 3.63) is 65.2 Å². The van der Waals surface area contributed by atoms with E-state index in [-0.39, 0.29) is 5.92 Å². The average molecular weight is 339 g/mol. The Labute approximate surface area is 148 Å². The molecule has 1 heterocycles. The molecule has 1 aliphatic heterocycles. The highest BCUT2D eigenvalue weighted by atomic mass is 32.1. The first-order chi connectivity index (χ1) is 11.8. The van der Waals surface area contributed by atoms with Gasteiger partial charge in [0.05, 0.1) is 24.1 Å². The van der Waals surface area contributed by atoms with Crippen molar-refractivity contribution in [2.45, 2.75) is 32.0 Å².